The molecule has 164 valence electrons. The number of amides is 2. The predicted octanol–water partition coefficient (Wildman–Crippen LogP) is 3.38. The maximum Gasteiger partial charge on any atom is 0.310 e. The predicted molar refractivity (Wildman–Crippen MR) is 120 cm³/mol. The van der Waals surface area contributed by atoms with Gasteiger partial charge in [0.15, 0.2) is 6.61 Å². The number of hydrogen-bond donors (Lipinski definition) is 2. The summed E-state index contributed by atoms with van der Waals surface area (Å²) in [5.41, 5.74) is 3.00. The molecule has 0 radical (unpaired) electrons. The zero-order valence-electron chi connectivity index (χ0n) is 17.8. The Kier molecular flexibility index (Phi) is 7.53. The van der Waals surface area contributed by atoms with Gasteiger partial charge in [-0.15, -0.1) is 0 Å². The van der Waals surface area contributed by atoms with Gasteiger partial charge in [-0.25, -0.2) is 0 Å². The summed E-state index contributed by atoms with van der Waals surface area (Å²) in [6.07, 6.45) is 1.64. The van der Waals surface area contributed by atoms with Gasteiger partial charge < -0.3 is 20.1 Å². The first-order valence-electron chi connectivity index (χ1n) is 9.86. The smallest absolute Gasteiger partial charge is 0.310 e. The van der Waals surface area contributed by atoms with E-state index in [4.69, 9.17) is 9.47 Å². The summed E-state index contributed by atoms with van der Waals surface area (Å²) >= 11 is 0. The summed E-state index contributed by atoms with van der Waals surface area (Å²) < 4.78 is 10.2. The minimum Gasteiger partial charge on any atom is -0.495 e. The van der Waals surface area contributed by atoms with Crippen LogP contribution in [0, 0.1) is 6.92 Å². The van der Waals surface area contributed by atoms with Crippen molar-refractivity contribution in [1.82, 2.24) is 4.98 Å². The van der Waals surface area contributed by atoms with Crippen LogP contribution in [0.1, 0.15) is 21.6 Å². The molecule has 0 atom stereocenters. The number of nitrogens with one attached hydrogen (secondary N) is 2. The Hall–Kier alpha value is -4.20. The topological polar surface area (TPSA) is 107 Å². The van der Waals surface area contributed by atoms with Gasteiger partial charge in [0.25, 0.3) is 11.8 Å². The third-order valence-corrected chi connectivity index (χ3v) is 4.47. The molecule has 0 saturated carbocycles. The van der Waals surface area contributed by atoms with Gasteiger partial charge >= 0.3 is 5.97 Å². The van der Waals surface area contributed by atoms with Crippen LogP contribution in [0.3, 0.4) is 0 Å². The van der Waals surface area contributed by atoms with E-state index in [2.05, 4.69) is 15.6 Å². The van der Waals surface area contributed by atoms with Crippen LogP contribution in [0.2, 0.25) is 0 Å². The Morgan fingerprint density at radius 2 is 1.69 bits per heavy atom. The van der Waals surface area contributed by atoms with E-state index in [1.54, 1.807) is 60.8 Å². The molecule has 2 aromatic carbocycles. The Bertz CT molecular complexity index is 1100. The van der Waals surface area contributed by atoms with E-state index >= 15 is 0 Å². The summed E-state index contributed by atoms with van der Waals surface area (Å²) in [6, 6.07) is 17.0. The molecule has 8 heteroatoms. The largest absolute Gasteiger partial charge is 0.495 e. The highest BCUT2D eigenvalue weighted by Gasteiger charge is 2.11. The lowest BCUT2D eigenvalue weighted by Gasteiger charge is -2.10. The second-order valence-corrected chi connectivity index (χ2v) is 6.93. The van der Waals surface area contributed by atoms with Gasteiger partial charge in [-0.05, 0) is 55.0 Å². The molecular weight excluding hydrogens is 410 g/mol. The maximum atomic E-state index is 12.4. The SMILES string of the molecule is COc1ccccc1NC(=O)c1ccc(NC(=O)COC(=O)Cc2ccc(C)nc2)cc1. The van der Waals surface area contributed by atoms with E-state index in [1.807, 2.05) is 13.0 Å². The summed E-state index contributed by atoms with van der Waals surface area (Å²) in [4.78, 5) is 40.5. The van der Waals surface area contributed by atoms with Gasteiger partial charge in [0.1, 0.15) is 5.75 Å². The van der Waals surface area contributed by atoms with Crippen molar-refractivity contribution in [3.63, 3.8) is 0 Å². The molecule has 2 N–H and O–H groups in total. The molecule has 0 bridgehead atoms. The van der Waals surface area contributed by atoms with E-state index < -0.39 is 18.5 Å². The number of benzene rings is 2. The highest BCUT2D eigenvalue weighted by atomic mass is 16.5. The maximum absolute atomic E-state index is 12.4. The van der Waals surface area contributed by atoms with E-state index in [9.17, 15) is 14.4 Å². The third-order valence-electron chi connectivity index (χ3n) is 4.47. The number of carbonyl (C=O) groups excluding carboxylic acids is 3. The fourth-order valence-corrected chi connectivity index (χ4v) is 2.81. The van der Waals surface area contributed by atoms with E-state index in [1.165, 1.54) is 7.11 Å². The molecule has 1 aromatic heterocycles. The number of para-hydroxylation sites is 2. The first-order valence-corrected chi connectivity index (χ1v) is 9.86. The Balaban J connectivity index is 1.48. The Morgan fingerprint density at radius 3 is 2.38 bits per heavy atom. The zero-order valence-corrected chi connectivity index (χ0v) is 17.8. The quantitative estimate of drug-likeness (QED) is 0.528. The average Bonchev–Trinajstić information content (AvgIpc) is 2.80. The molecule has 0 saturated heterocycles. The monoisotopic (exact) mass is 433 g/mol. The first-order chi connectivity index (χ1) is 15.4. The van der Waals surface area contributed by atoms with Crippen molar-refractivity contribution in [2.45, 2.75) is 13.3 Å². The number of nitrogens with zero attached hydrogens (tertiary/aromatic N) is 1. The molecule has 0 spiro atoms. The van der Waals surface area contributed by atoms with Gasteiger partial charge in [-0.2, -0.15) is 0 Å². The molecule has 0 fully saturated rings. The van der Waals surface area contributed by atoms with Crippen molar-refractivity contribution in [1.29, 1.82) is 0 Å². The molecule has 0 aliphatic rings. The number of ether oxygens (including phenoxy) is 2. The lowest BCUT2D eigenvalue weighted by Crippen LogP contribution is -2.21. The molecule has 8 nitrogen and oxygen atoms in total. The van der Waals surface area contributed by atoms with Crippen LogP contribution >= 0.6 is 0 Å². The molecule has 3 rings (SSSR count). The molecule has 1 heterocycles. The number of methoxy groups -OCH3 is 1. The van der Waals surface area contributed by atoms with Crippen LogP contribution < -0.4 is 15.4 Å². The van der Waals surface area contributed by atoms with Crippen LogP contribution in [0.5, 0.6) is 5.75 Å². The van der Waals surface area contributed by atoms with Crippen LogP contribution in [0.15, 0.2) is 66.9 Å². The fraction of sp³-hybridized carbons (Fsp3) is 0.167. The Morgan fingerprint density at radius 1 is 0.938 bits per heavy atom. The summed E-state index contributed by atoms with van der Waals surface area (Å²) in [6.45, 7) is 1.44. The third kappa shape index (κ3) is 6.40. The minimum atomic E-state index is -0.519. The normalized spacial score (nSPS) is 10.2. The van der Waals surface area contributed by atoms with Gasteiger partial charge in [0, 0.05) is 23.1 Å². The first kappa shape index (κ1) is 22.5. The molecular formula is C24H23N3O5. The minimum absolute atomic E-state index is 0.0383. The van der Waals surface area contributed by atoms with Gasteiger partial charge in [0.05, 0.1) is 19.2 Å². The van der Waals surface area contributed by atoms with Crippen molar-refractivity contribution in [2.75, 3.05) is 24.4 Å². The van der Waals surface area contributed by atoms with Crippen molar-refractivity contribution >= 4 is 29.2 Å². The average molecular weight is 433 g/mol. The van der Waals surface area contributed by atoms with Crippen molar-refractivity contribution in [3.05, 3.63) is 83.7 Å². The number of aromatic nitrogens is 1. The van der Waals surface area contributed by atoms with Crippen LogP contribution in [0.4, 0.5) is 11.4 Å². The molecule has 2 amide bonds. The fourth-order valence-electron chi connectivity index (χ4n) is 2.81. The van der Waals surface area contributed by atoms with Crippen molar-refractivity contribution in [3.8, 4) is 5.75 Å². The molecule has 0 aliphatic carbocycles. The standard InChI is InChI=1S/C24H23N3O5/c1-16-7-8-17(14-25-16)13-23(29)32-15-22(28)26-19-11-9-18(10-12-19)24(30)27-20-5-3-4-6-21(20)31-2/h3-12,14H,13,15H2,1-2H3,(H,26,28)(H,27,30). The highest BCUT2D eigenvalue weighted by molar-refractivity contribution is 6.05. The van der Waals surface area contributed by atoms with Crippen LogP contribution in [-0.2, 0) is 20.7 Å². The molecule has 0 unspecified atom stereocenters. The number of esters is 1. The highest BCUT2D eigenvalue weighted by Crippen LogP contribution is 2.23. The van der Waals surface area contributed by atoms with Gasteiger partial charge in [-0.1, -0.05) is 18.2 Å². The van der Waals surface area contributed by atoms with Crippen LogP contribution in [0.25, 0.3) is 0 Å². The van der Waals surface area contributed by atoms with Gasteiger partial charge in [0.2, 0.25) is 0 Å². The van der Waals surface area contributed by atoms with Crippen molar-refractivity contribution in [2.24, 2.45) is 0 Å². The summed E-state index contributed by atoms with van der Waals surface area (Å²) in [5, 5.41) is 5.40. The lowest BCUT2D eigenvalue weighted by atomic mass is 10.2. The second kappa shape index (κ2) is 10.7. The molecule has 0 aliphatic heterocycles. The number of aryl methyl sites for hydroxylation is 1. The summed E-state index contributed by atoms with van der Waals surface area (Å²) in [7, 11) is 1.53. The molecule has 3 aromatic rings. The van der Waals surface area contributed by atoms with Gasteiger partial charge in [-0.3, -0.25) is 19.4 Å². The number of anilines is 2. The molecule has 32 heavy (non-hydrogen) atoms. The van der Waals surface area contributed by atoms with Crippen molar-refractivity contribution < 1.29 is 23.9 Å². The Labute approximate surface area is 185 Å². The van der Waals surface area contributed by atoms with E-state index in [0.717, 1.165) is 5.69 Å². The number of pyridine rings is 1. The van der Waals surface area contributed by atoms with Crippen LogP contribution in [-0.4, -0.2) is 36.5 Å². The second-order valence-electron chi connectivity index (χ2n) is 6.93. The zero-order chi connectivity index (χ0) is 22.9. The van der Waals surface area contributed by atoms with E-state index in [-0.39, 0.29) is 12.3 Å². The summed E-state index contributed by atoms with van der Waals surface area (Å²) in [5.74, 6) is -0.759. The number of hydrogen-bond acceptors (Lipinski definition) is 6. The lowest BCUT2D eigenvalue weighted by molar-refractivity contribution is -0.146. The number of rotatable bonds is 8. The van der Waals surface area contributed by atoms with E-state index in [0.29, 0.717) is 28.3 Å². The number of carbonyl (C=O) groups is 3.